The fraction of sp³-hybridized carbons (Fsp3) is 0.100. The lowest BCUT2D eigenvalue weighted by Crippen LogP contribution is -2.11. The molecule has 4 aromatic rings. The highest BCUT2D eigenvalue weighted by atomic mass is 19.1. The number of aromatic amines is 1. The number of carbonyl (C=O) groups excluding carboxylic acids is 1. The zero-order valence-electron chi connectivity index (χ0n) is 14.7. The molecule has 0 fully saturated rings. The highest BCUT2D eigenvalue weighted by Gasteiger charge is 2.14. The molecule has 0 aliphatic rings. The number of nitrogens with two attached hydrogens (primary N) is 1. The summed E-state index contributed by atoms with van der Waals surface area (Å²) in [6, 6.07) is 13.5. The molecule has 140 valence electrons. The zero-order valence-corrected chi connectivity index (χ0v) is 14.7. The van der Waals surface area contributed by atoms with E-state index in [9.17, 15) is 9.18 Å². The van der Waals surface area contributed by atoms with Gasteiger partial charge in [-0.05, 0) is 23.8 Å². The summed E-state index contributed by atoms with van der Waals surface area (Å²) in [6.07, 6.45) is 1.96. The molecular formula is C20H16FN5O2. The van der Waals surface area contributed by atoms with Crippen molar-refractivity contribution >= 4 is 22.8 Å². The minimum Gasteiger partial charge on any atom is -0.454 e. The molecule has 0 saturated carbocycles. The van der Waals surface area contributed by atoms with Crippen LogP contribution in [0.5, 0.6) is 0 Å². The van der Waals surface area contributed by atoms with Gasteiger partial charge in [0.15, 0.2) is 12.4 Å². The molecule has 2 aromatic carbocycles. The van der Waals surface area contributed by atoms with E-state index in [1.807, 2.05) is 24.3 Å². The summed E-state index contributed by atoms with van der Waals surface area (Å²) in [7, 11) is 0. The van der Waals surface area contributed by atoms with E-state index in [-0.39, 0.29) is 24.2 Å². The number of rotatable bonds is 5. The van der Waals surface area contributed by atoms with Crippen molar-refractivity contribution in [3.63, 3.8) is 0 Å². The minimum atomic E-state index is -0.489. The Kier molecular flexibility index (Phi) is 4.67. The number of anilines is 1. The first-order valence-electron chi connectivity index (χ1n) is 8.55. The van der Waals surface area contributed by atoms with Crippen molar-refractivity contribution in [2.75, 3.05) is 5.73 Å². The number of fused-ring (bicyclic) bond motifs is 1. The van der Waals surface area contributed by atoms with Gasteiger partial charge in [0.05, 0.1) is 5.56 Å². The summed E-state index contributed by atoms with van der Waals surface area (Å²) in [5, 5.41) is 0.777. The van der Waals surface area contributed by atoms with Crippen LogP contribution in [0.25, 0.3) is 10.9 Å². The number of para-hydroxylation sites is 1. The summed E-state index contributed by atoms with van der Waals surface area (Å²) in [4.78, 5) is 27.8. The first-order chi connectivity index (χ1) is 13.6. The van der Waals surface area contributed by atoms with Crippen LogP contribution in [0.15, 0.2) is 54.7 Å². The number of aromatic nitrogens is 4. The largest absolute Gasteiger partial charge is 0.454 e. The third-order valence-corrected chi connectivity index (χ3v) is 4.16. The maximum Gasteiger partial charge on any atom is 0.340 e. The lowest BCUT2D eigenvalue weighted by molar-refractivity contribution is 0.0464. The highest BCUT2D eigenvalue weighted by molar-refractivity contribution is 6.03. The van der Waals surface area contributed by atoms with Crippen LogP contribution in [-0.2, 0) is 17.8 Å². The van der Waals surface area contributed by atoms with Crippen LogP contribution in [0.3, 0.4) is 0 Å². The smallest absolute Gasteiger partial charge is 0.340 e. The normalized spacial score (nSPS) is 10.9. The molecule has 0 unspecified atom stereocenters. The summed E-state index contributed by atoms with van der Waals surface area (Å²) in [5.41, 5.74) is 7.85. The number of hydrogen-bond acceptors (Lipinski definition) is 6. The van der Waals surface area contributed by atoms with Crippen LogP contribution < -0.4 is 5.73 Å². The summed E-state index contributed by atoms with van der Waals surface area (Å²) in [6.45, 7) is -0.137. The third-order valence-electron chi connectivity index (χ3n) is 4.16. The van der Waals surface area contributed by atoms with E-state index in [4.69, 9.17) is 10.5 Å². The molecule has 4 rings (SSSR count). The fourth-order valence-corrected chi connectivity index (χ4v) is 2.87. The Morgan fingerprint density at radius 1 is 1.04 bits per heavy atom. The van der Waals surface area contributed by atoms with E-state index in [0.717, 1.165) is 16.5 Å². The summed E-state index contributed by atoms with van der Waals surface area (Å²) >= 11 is 0. The number of carbonyl (C=O) groups is 1. The van der Waals surface area contributed by atoms with Gasteiger partial charge in [0.25, 0.3) is 0 Å². The number of nitrogens with one attached hydrogen (secondary N) is 1. The number of H-pyrrole nitrogens is 1. The van der Waals surface area contributed by atoms with Gasteiger partial charge in [-0.15, -0.1) is 0 Å². The molecule has 0 radical (unpaired) electrons. The Morgan fingerprint density at radius 2 is 1.79 bits per heavy atom. The van der Waals surface area contributed by atoms with E-state index >= 15 is 0 Å². The Bertz CT molecular complexity index is 1140. The molecule has 0 spiro atoms. The number of nitrogen functional groups attached to an aromatic ring is 1. The van der Waals surface area contributed by atoms with Gasteiger partial charge in [-0.25, -0.2) is 14.2 Å². The first-order valence-corrected chi connectivity index (χ1v) is 8.55. The quantitative estimate of drug-likeness (QED) is 0.518. The van der Waals surface area contributed by atoms with Crippen molar-refractivity contribution in [1.29, 1.82) is 0 Å². The van der Waals surface area contributed by atoms with Crippen LogP contribution >= 0.6 is 0 Å². The first kappa shape index (κ1) is 17.6. The van der Waals surface area contributed by atoms with Crippen molar-refractivity contribution in [2.45, 2.75) is 13.0 Å². The van der Waals surface area contributed by atoms with Crippen molar-refractivity contribution in [1.82, 2.24) is 19.9 Å². The number of benzene rings is 2. The molecule has 0 amide bonds. The summed E-state index contributed by atoms with van der Waals surface area (Å²) < 4.78 is 18.4. The monoisotopic (exact) mass is 377 g/mol. The number of ether oxygens (including phenoxy) is 1. The maximum atomic E-state index is 13.0. The SMILES string of the molecule is Nc1nc(COC(=O)c2c[nH]c3ccccc23)nc(Cc2ccc(F)cc2)n1. The van der Waals surface area contributed by atoms with E-state index in [2.05, 4.69) is 19.9 Å². The van der Waals surface area contributed by atoms with Crippen LogP contribution in [0, 0.1) is 5.82 Å². The fourth-order valence-electron chi connectivity index (χ4n) is 2.87. The second-order valence-electron chi connectivity index (χ2n) is 6.15. The van der Waals surface area contributed by atoms with Gasteiger partial charge in [0, 0.05) is 23.5 Å². The maximum absolute atomic E-state index is 13.0. The molecule has 28 heavy (non-hydrogen) atoms. The van der Waals surface area contributed by atoms with Crippen LogP contribution in [0.1, 0.15) is 27.6 Å². The molecule has 3 N–H and O–H groups in total. The molecule has 0 saturated heterocycles. The molecule has 8 heteroatoms. The van der Waals surface area contributed by atoms with Gasteiger partial charge < -0.3 is 15.5 Å². The predicted octanol–water partition coefficient (Wildman–Crippen LogP) is 3.02. The molecule has 0 aliphatic heterocycles. The lowest BCUT2D eigenvalue weighted by atomic mass is 10.1. The zero-order chi connectivity index (χ0) is 19.5. The van der Waals surface area contributed by atoms with Crippen molar-refractivity contribution in [3.8, 4) is 0 Å². The van der Waals surface area contributed by atoms with E-state index in [1.165, 1.54) is 12.1 Å². The predicted molar refractivity (Wildman–Crippen MR) is 101 cm³/mol. The van der Waals surface area contributed by atoms with Crippen LogP contribution in [-0.4, -0.2) is 25.9 Å². The molecule has 2 aromatic heterocycles. The number of nitrogens with zero attached hydrogens (tertiary/aromatic N) is 3. The van der Waals surface area contributed by atoms with Gasteiger partial charge in [0.2, 0.25) is 5.95 Å². The Balaban J connectivity index is 1.48. The van der Waals surface area contributed by atoms with Gasteiger partial charge in [-0.2, -0.15) is 9.97 Å². The molecule has 0 bridgehead atoms. The number of esters is 1. The number of hydrogen-bond donors (Lipinski definition) is 2. The standard InChI is InChI=1S/C20H16FN5O2/c21-13-7-5-12(6-8-13)9-17-24-18(26-20(22)25-17)11-28-19(27)15-10-23-16-4-2-1-3-14(15)16/h1-8,10,23H,9,11H2,(H2,22,24,25,26). The van der Waals surface area contributed by atoms with E-state index < -0.39 is 5.97 Å². The molecule has 0 aliphatic carbocycles. The average Bonchev–Trinajstić information content (AvgIpc) is 3.12. The van der Waals surface area contributed by atoms with E-state index in [1.54, 1.807) is 18.3 Å². The van der Waals surface area contributed by atoms with Gasteiger partial charge in [-0.3, -0.25) is 0 Å². The van der Waals surface area contributed by atoms with Crippen molar-refractivity contribution < 1.29 is 13.9 Å². The van der Waals surface area contributed by atoms with Gasteiger partial charge in [-0.1, -0.05) is 30.3 Å². The average molecular weight is 377 g/mol. The third kappa shape index (κ3) is 3.80. The topological polar surface area (TPSA) is 107 Å². The highest BCUT2D eigenvalue weighted by Crippen LogP contribution is 2.19. The van der Waals surface area contributed by atoms with Crippen LogP contribution in [0.4, 0.5) is 10.3 Å². The summed E-state index contributed by atoms with van der Waals surface area (Å²) in [5.74, 6) is -0.111. The molecular weight excluding hydrogens is 361 g/mol. The Hall–Kier alpha value is -3.81. The van der Waals surface area contributed by atoms with Crippen molar-refractivity contribution in [3.05, 3.63) is 83.3 Å². The van der Waals surface area contributed by atoms with Crippen LogP contribution in [0.2, 0.25) is 0 Å². The number of halogens is 1. The van der Waals surface area contributed by atoms with Gasteiger partial charge in [0.1, 0.15) is 11.6 Å². The van der Waals surface area contributed by atoms with Gasteiger partial charge >= 0.3 is 5.97 Å². The van der Waals surface area contributed by atoms with E-state index in [0.29, 0.717) is 17.8 Å². The Labute approximate surface area is 159 Å². The van der Waals surface area contributed by atoms with Crippen molar-refractivity contribution in [2.24, 2.45) is 0 Å². The molecule has 2 heterocycles. The Morgan fingerprint density at radius 3 is 2.61 bits per heavy atom. The molecule has 7 nitrogen and oxygen atoms in total. The molecule has 0 atom stereocenters. The lowest BCUT2D eigenvalue weighted by Gasteiger charge is -2.06. The second-order valence-corrected chi connectivity index (χ2v) is 6.15. The minimum absolute atomic E-state index is 0.0326. The second kappa shape index (κ2) is 7.43.